The molecule has 4 nitrogen and oxygen atoms in total. The molecule has 0 aliphatic carbocycles. The molecule has 2 aromatic carbocycles. The molecule has 0 aliphatic heterocycles. The predicted molar refractivity (Wildman–Crippen MR) is 87.3 cm³/mol. The van der Waals surface area contributed by atoms with E-state index in [1.165, 1.54) is 0 Å². The van der Waals surface area contributed by atoms with Crippen molar-refractivity contribution in [3.8, 4) is 5.75 Å². The Bertz CT molecular complexity index is 727. The third kappa shape index (κ3) is 4.22. The molecule has 0 radical (unpaired) electrons. The summed E-state index contributed by atoms with van der Waals surface area (Å²) in [4.78, 5) is 0.295. The topological polar surface area (TPSA) is 69.4 Å². The van der Waals surface area contributed by atoms with Gasteiger partial charge in [0, 0.05) is 10.2 Å². The number of hydrogen-bond acceptors (Lipinski definition) is 4. The van der Waals surface area contributed by atoms with Gasteiger partial charge in [0.1, 0.15) is 12.4 Å². The average Bonchev–Trinajstić information content (AvgIpc) is 2.41. The molecule has 0 amide bonds. The average molecular weight is 370 g/mol. The fraction of sp³-hybridized carbons (Fsp3) is 0.200. The van der Waals surface area contributed by atoms with Crippen molar-refractivity contribution in [3.05, 3.63) is 52.5 Å². The van der Waals surface area contributed by atoms with Crippen molar-refractivity contribution in [1.29, 1.82) is 0 Å². The van der Waals surface area contributed by atoms with Crippen LogP contribution in [0.15, 0.2) is 51.8 Å². The lowest BCUT2D eigenvalue weighted by Crippen LogP contribution is -2.14. The second kappa shape index (κ2) is 6.49. The lowest BCUT2D eigenvalue weighted by molar-refractivity contribution is 0.338. The number of anilines is 1. The van der Waals surface area contributed by atoms with Crippen LogP contribution in [0.4, 0.5) is 5.69 Å². The van der Waals surface area contributed by atoms with E-state index in [0.717, 1.165) is 10.0 Å². The summed E-state index contributed by atoms with van der Waals surface area (Å²) in [6.07, 6.45) is 0. The van der Waals surface area contributed by atoms with E-state index in [2.05, 4.69) is 15.9 Å². The maximum Gasteiger partial charge on any atom is 0.181 e. The van der Waals surface area contributed by atoms with Crippen molar-refractivity contribution in [2.75, 3.05) is 18.1 Å². The number of nitrogens with two attached hydrogens (primary N) is 1. The number of sulfone groups is 1. The molecule has 0 aliphatic rings. The zero-order valence-electron chi connectivity index (χ0n) is 11.5. The van der Waals surface area contributed by atoms with Crippen molar-refractivity contribution >= 4 is 31.5 Å². The van der Waals surface area contributed by atoms with E-state index < -0.39 is 9.84 Å². The summed E-state index contributed by atoms with van der Waals surface area (Å²) in [5, 5.41) is 0. The highest BCUT2D eigenvalue weighted by Crippen LogP contribution is 2.21. The van der Waals surface area contributed by atoms with Gasteiger partial charge in [0.2, 0.25) is 0 Å². The number of hydrogen-bond donors (Lipinski definition) is 1. The number of benzene rings is 2. The fourth-order valence-electron chi connectivity index (χ4n) is 1.86. The standard InChI is InChI=1S/C15H16BrNO3S/c1-11-10-13(17)4-7-15(11)20-8-9-21(18,19)14-5-2-12(16)3-6-14/h2-7,10H,8-9,17H2,1H3. The first kappa shape index (κ1) is 15.9. The van der Waals surface area contributed by atoms with Gasteiger partial charge in [-0.1, -0.05) is 15.9 Å². The van der Waals surface area contributed by atoms with Crippen LogP contribution < -0.4 is 10.5 Å². The molecule has 0 saturated carbocycles. The molecular formula is C15H16BrNO3S. The van der Waals surface area contributed by atoms with Crippen molar-refractivity contribution in [3.63, 3.8) is 0 Å². The molecule has 0 atom stereocenters. The number of halogens is 1. The summed E-state index contributed by atoms with van der Waals surface area (Å²) < 4.78 is 30.7. The first-order valence-electron chi connectivity index (χ1n) is 6.36. The van der Waals surface area contributed by atoms with Gasteiger partial charge in [-0.15, -0.1) is 0 Å². The Hall–Kier alpha value is -1.53. The Kier molecular flexibility index (Phi) is 4.90. The van der Waals surface area contributed by atoms with E-state index >= 15 is 0 Å². The van der Waals surface area contributed by atoms with Crippen LogP contribution in [-0.4, -0.2) is 20.8 Å². The molecule has 0 saturated heterocycles. The van der Waals surface area contributed by atoms with Gasteiger partial charge >= 0.3 is 0 Å². The minimum absolute atomic E-state index is 0.0710. The van der Waals surface area contributed by atoms with Crippen molar-refractivity contribution < 1.29 is 13.2 Å². The second-order valence-electron chi connectivity index (χ2n) is 4.65. The van der Waals surface area contributed by atoms with Gasteiger partial charge in [-0.05, 0) is 55.0 Å². The zero-order valence-corrected chi connectivity index (χ0v) is 13.9. The molecule has 21 heavy (non-hydrogen) atoms. The van der Waals surface area contributed by atoms with Crippen LogP contribution in [0.5, 0.6) is 5.75 Å². The minimum Gasteiger partial charge on any atom is -0.492 e. The van der Waals surface area contributed by atoms with Gasteiger partial charge in [0.15, 0.2) is 9.84 Å². The van der Waals surface area contributed by atoms with Crippen LogP contribution >= 0.6 is 15.9 Å². The lowest BCUT2D eigenvalue weighted by Gasteiger charge is -2.10. The van der Waals surface area contributed by atoms with Crippen LogP contribution in [-0.2, 0) is 9.84 Å². The quantitative estimate of drug-likeness (QED) is 0.821. The highest BCUT2D eigenvalue weighted by atomic mass is 79.9. The normalized spacial score (nSPS) is 11.3. The van der Waals surface area contributed by atoms with E-state index in [9.17, 15) is 8.42 Å². The van der Waals surface area contributed by atoms with Crippen molar-refractivity contribution in [1.82, 2.24) is 0 Å². The van der Waals surface area contributed by atoms with Crippen LogP contribution in [0.25, 0.3) is 0 Å². The van der Waals surface area contributed by atoms with E-state index in [-0.39, 0.29) is 12.4 Å². The Balaban J connectivity index is 2.00. The SMILES string of the molecule is Cc1cc(N)ccc1OCCS(=O)(=O)c1ccc(Br)cc1. The molecule has 0 spiro atoms. The zero-order chi connectivity index (χ0) is 15.5. The van der Waals surface area contributed by atoms with Gasteiger partial charge < -0.3 is 10.5 Å². The summed E-state index contributed by atoms with van der Waals surface area (Å²) >= 11 is 3.28. The predicted octanol–water partition coefficient (Wildman–Crippen LogP) is 3.19. The van der Waals surface area contributed by atoms with Gasteiger partial charge in [0.25, 0.3) is 0 Å². The van der Waals surface area contributed by atoms with Crippen molar-refractivity contribution in [2.24, 2.45) is 0 Å². The number of rotatable bonds is 5. The lowest BCUT2D eigenvalue weighted by atomic mass is 10.2. The van der Waals surface area contributed by atoms with E-state index in [4.69, 9.17) is 10.5 Å². The number of aryl methyl sites for hydroxylation is 1. The summed E-state index contributed by atoms with van der Waals surface area (Å²) in [6.45, 7) is 1.97. The summed E-state index contributed by atoms with van der Waals surface area (Å²) in [6, 6.07) is 11.8. The minimum atomic E-state index is -3.34. The molecule has 2 rings (SSSR count). The van der Waals surface area contributed by atoms with E-state index in [1.807, 2.05) is 6.92 Å². The third-order valence-electron chi connectivity index (χ3n) is 2.98. The third-order valence-corrected chi connectivity index (χ3v) is 5.20. The summed E-state index contributed by atoms with van der Waals surface area (Å²) in [7, 11) is -3.34. The molecular weight excluding hydrogens is 354 g/mol. The van der Waals surface area contributed by atoms with Crippen LogP contribution in [0.3, 0.4) is 0 Å². The molecule has 112 valence electrons. The van der Waals surface area contributed by atoms with Crippen molar-refractivity contribution in [2.45, 2.75) is 11.8 Å². The Morgan fingerprint density at radius 2 is 1.81 bits per heavy atom. The van der Waals surface area contributed by atoms with Gasteiger partial charge in [-0.25, -0.2) is 8.42 Å². The Morgan fingerprint density at radius 3 is 2.43 bits per heavy atom. The molecule has 0 fully saturated rings. The fourth-order valence-corrected chi connectivity index (χ4v) is 3.21. The molecule has 0 bridgehead atoms. The Morgan fingerprint density at radius 1 is 1.14 bits per heavy atom. The highest BCUT2D eigenvalue weighted by molar-refractivity contribution is 9.10. The van der Waals surface area contributed by atoms with E-state index in [0.29, 0.717) is 16.3 Å². The largest absolute Gasteiger partial charge is 0.492 e. The Labute approximate surface area is 133 Å². The van der Waals surface area contributed by atoms with Crippen LogP contribution in [0.1, 0.15) is 5.56 Å². The highest BCUT2D eigenvalue weighted by Gasteiger charge is 2.14. The maximum atomic E-state index is 12.2. The van der Waals surface area contributed by atoms with E-state index in [1.54, 1.807) is 42.5 Å². The maximum absolute atomic E-state index is 12.2. The summed E-state index contributed by atoms with van der Waals surface area (Å²) in [5.41, 5.74) is 7.20. The smallest absolute Gasteiger partial charge is 0.181 e. The molecule has 6 heteroatoms. The van der Waals surface area contributed by atoms with Gasteiger partial charge in [-0.3, -0.25) is 0 Å². The van der Waals surface area contributed by atoms with Crippen LogP contribution in [0, 0.1) is 6.92 Å². The molecule has 0 heterocycles. The number of ether oxygens (including phenoxy) is 1. The van der Waals surface area contributed by atoms with Gasteiger partial charge in [0.05, 0.1) is 10.6 Å². The first-order valence-corrected chi connectivity index (χ1v) is 8.80. The molecule has 0 unspecified atom stereocenters. The molecule has 0 aromatic heterocycles. The van der Waals surface area contributed by atoms with Gasteiger partial charge in [-0.2, -0.15) is 0 Å². The molecule has 2 aromatic rings. The number of nitrogen functional groups attached to an aromatic ring is 1. The molecule has 2 N–H and O–H groups in total. The monoisotopic (exact) mass is 369 g/mol. The second-order valence-corrected chi connectivity index (χ2v) is 7.67. The van der Waals surface area contributed by atoms with Crippen LogP contribution in [0.2, 0.25) is 0 Å². The summed E-state index contributed by atoms with van der Waals surface area (Å²) in [5.74, 6) is 0.577. The first-order chi connectivity index (χ1) is 9.88.